The average Bonchev–Trinajstić information content (AvgIpc) is 3.15. The maximum atomic E-state index is 13.7. The highest BCUT2D eigenvalue weighted by atomic mass is 19.1. The smallest absolute Gasteiger partial charge is 0.331 e. The lowest BCUT2D eigenvalue weighted by molar-refractivity contribution is -0.00709. The van der Waals surface area contributed by atoms with Gasteiger partial charge in [-0.15, -0.1) is 0 Å². The second kappa shape index (κ2) is 7.28. The first-order valence-electron chi connectivity index (χ1n) is 10.9. The van der Waals surface area contributed by atoms with Gasteiger partial charge in [0.25, 0.3) is 5.56 Å². The minimum absolute atomic E-state index is 0.336. The largest absolute Gasteiger partial charge is 0.365 e. The maximum Gasteiger partial charge on any atom is 0.331 e. The molecule has 0 fully saturated rings. The molecule has 1 atom stereocenters. The minimum atomic E-state index is -0.558. The zero-order valence-corrected chi connectivity index (χ0v) is 19.3. The standard InChI is InChI=1S/C26H26FN3O3/c1-15-7-6-8-17(13-15)20-19-21(28(4)25(32)29(5)24(19)31)22-23(16-9-11-18(27)12-10-16)33-14-26(2,3)30(20)22/h6-13,23H,14H2,1-5H3/t23-/m1/s1. The summed E-state index contributed by atoms with van der Waals surface area (Å²) in [5.41, 5.74) is 3.51. The van der Waals surface area contributed by atoms with Gasteiger partial charge in [0, 0.05) is 14.1 Å². The van der Waals surface area contributed by atoms with Gasteiger partial charge < -0.3 is 9.30 Å². The Hall–Kier alpha value is -3.45. The molecule has 0 N–H and O–H groups in total. The SMILES string of the molecule is Cc1cccc(-c2c3c(=O)n(C)c(=O)n(C)c3c3n2C(C)(C)CO[C@@H]3c2ccc(F)cc2)c1. The zero-order chi connectivity index (χ0) is 23.7. The molecule has 170 valence electrons. The van der Waals surface area contributed by atoms with Gasteiger partial charge in [0.05, 0.1) is 34.4 Å². The Kier molecular flexibility index (Phi) is 4.72. The van der Waals surface area contributed by atoms with Crippen LogP contribution in [-0.4, -0.2) is 20.3 Å². The molecule has 7 heteroatoms. The molecule has 33 heavy (non-hydrogen) atoms. The van der Waals surface area contributed by atoms with E-state index >= 15 is 0 Å². The van der Waals surface area contributed by atoms with Crippen molar-refractivity contribution in [2.24, 2.45) is 14.1 Å². The highest BCUT2D eigenvalue weighted by Crippen LogP contribution is 2.45. The highest BCUT2D eigenvalue weighted by molar-refractivity contribution is 5.97. The van der Waals surface area contributed by atoms with E-state index in [2.05, 4.69) is 18.4 Å². The van der Waals surface area contributed by atoms with Crippen LogP contribution in [0.25, 0.3) is 22.2 Å². The quantitative estimate of drug-likeness (QED) is 0.467. The summed E-state index contributed by atoms with van der Waals surface area (Å²) in [7, 11) is 3.17. The lowest BCUT2D eigenvalue weighted by atomic mass is 9.98. The number of aromatic nitrogens is 3. The summed E-state index contributed by atoms with van der Waals surface area (Å²) in [4.78, 5) is 26.5. The van der Waals surface area contributed by atoms with Crippen LogP contribution < -0.4 is 11.2 Å². The van der Waals surface area contributed by atoms with E-state index in [9.17, 15) is 14.0 Å². The third kappa shape index (κ3) is 3.10. The number of fused-ring (bicyclic) bond motifs is 3. The van der Waals surface area contributed by atoms with Gasteiger partial charge in [-0.25, -0.2) is 9.18 Å². The Morgan fingerprint density at radius 3 is 2.39 bits per heavy atom. The van der Waals surface area contributed by atoms with E-state index in [4.69, 9.17) is 4.74 Å². The predicted octanol–water partition coefficient (Wildman–Crippen LogP) is 4.01. The number of halogens is 1. The topological polar surface area (TPSA) is 58.2 Å². The molecule has 0 bridgehead atoms. The van der Waals surface area contributed by atoms with Crippen LogP contribution in [0.15, 0.2) is 58.1 Å². The molecule has 3 heterocycles. The first kappa shape index (κ1) is 21.4. The van der Waals surface area contributed by atoms with Crippen molar-refractivity contribution in [3.63, 3.8) is 0 Å². The molecular weight excluding hydrogens is 421 g/mol. The monoisotopic (exact) mass is 447 g/mol. The van der Waals surface area contributed by atoms with Crippen LogP contribution in [0.3, 0.4) is 0 Å². The van der Waals surface area contributed by atoms with E-state index in [0.717, 1.165) is 32.6 Å². The molecule has 0 saturated heterocycles. The van der Waals surface area contributed by atoms with Crippen LogP contribution in [0.2, 0.25) is 0 Å². The second-order valence-corrected chi connectivity index (χ2v) is 9.42. The molecule has 1 aliphatic heterocycles. The van der Waals surface area contributed by atoms with E-state index in [-0.39, 0.29) is 11.4 Å². The predicted molar refractivity (Wildman–Crippen MR) is 126 cm³/mol. The summed E-state index contributed by atoms with van der Waals surface area (Å²) < 4.78 is 24.8. The first-order chi connectivity index (χ1) is 15.6. The molecule has 0 unspecified atom stereocenters. The molecule has 0 spiro atoms. The summed E-state index contributed by atoms with van der Waals surface area (Å²) in [6.45, 7) is 6.50. The third-order valence-corrected chi connectivity index (χ3v) is 6.53. The molecule has 0 saturated carbocycles. The maximum absolute atomic E-state index is 13.7. The first-order valence-corrected chi connectivity index (χ1v) is 10.9. The fourth-order valence-electron chi connectivity index (χ4n) is 4.95. The fourth-order valence-corrected chi connectivity index (χ4v) is 4.95. The van der Waals surface area contributed by atoms with E-state index in [1.165, 1.54) is 23.7 Å². The summed E-state index contributed by atoms with van der Waals surface area (Å²) >= 11 is 0. The molecule has 1 aliphatic rings. The van der Waals surface area contributed by atoms with Crippen molar-refractivity contribution in [2.75, 3.05) is 6.61 Å². The van der Waals surface area contributed by atoms with Gasteiger partial charge in [0.2, 0.25) is 0 Å². The van der Waals surface area contributed by atoms with Gasteiger partial charge in [0.15, 0.2) is 0 Å². The molecule has 4 aromatic rings. The number of hydrogen-bond acceptors (Lipinski definition) is 3. The lowest BCUT2D eigenvalue weighted by Crippen LogP contribution is -2.40. The summed E-state index contributed by atoms with van der Waals surface area (Å²) in [6.07, 6.45) is -0.558. The molecule has 0 aliphatic carbocycles. The van der Waals surface area contributed by atoms with Crippen LogP contribution in [0, 0.1) is 12.7 Å². The fraction of sp³-hybridized carbons (Fsp3) is 0.308. The Morgan fingerprint density at radius 1 is 1.03 bits per heavy atom. The Morgan fingerprint density at radius 2 is 1.73 bits per heavy atom. The van der Waals surface area contributed by atoms with Gasteiger partial charge in [-0.05, 0) is 50.1 Å². The van der Waals surface area contributed by atoms with Gasteiger partial charge >= 0.3 is 5.69 Å². The van der Waals surface area contributed by atoms with Crippen molar-refractivity contribution in [3.05, 3.63) is 92.0 Å². The zero-order valence-electron chi connectivity index (χ0n) is 19.3. The van der Waals surface area contributed by atoms with Gasteiger partial charge in [0.1, 0.15) is 11.9 Å². The van der Waals surface area contributed by atoms with Crippen LogP contribution in [0.5, 0.6) is 0 Å². The molecule has 5 rings (SSSR count). The number of aryl methyl sites for hydroxylation is 2. The van der Waals surface area contributed by atoms with Crippen molar-refractivity contribution in [1.29, 1.82) is 0 Å². The highest BCUT2D eigenvalue weighted by Gasteiger charge is 2.40. The summed E-state index contributed by atoms with van der Waals surface area (Å²) in [5, 5.41) is 0.478. The van der Waals surface area contributed by atoms with Crippen molar-refractivity contribution in [2.45, 2.75) is 32.4 Å². The minimum Gasteiger partial charge on any atom is -0.365 e. The summed E-state index contributed by atoms with van der Waals surface area (Å²) in [5.74, 6) is -0.336. The van der Waals surface area contributed by atoms with Crippen LogP contribution >= 0.6 is 0 Å². The van der Waals surface area contributed by atoms with E-state index in [0.29, 0.717) is 17.5 Å². The molecule has 0 amide bonds. The van der Waals surface area contributed by atoms with Gasteiger partial charge in [-0.3, -0.25) is 13.9 Å². The van der Waals surface area contributed by atoms with E-state index < -0.39 is 17.3 Å². The molecule has 0 radical (unpaired) electrons. The number of hydrogen-bond donors (Lipinski definition) is 0. The molecule has 2 aromatic heterocycles. The van der Waals surface area contributed by atoms with Gasteiger partial charge in [-0.2, -0.15) is 0 Å². The number of rotatable bonds is 2. The molecular formula is C26H26FN3O3. The van der Waals surface area contributed by atoms with Crippen LogP contribution in [-0.2, 0) is 24.4 Å². The normalized spacial score (nSPS) is 17.3. The molecule has 6 nitrogen and oxygen atoms in total. The number of benzene rings is 2. The second-order valence-electron chi connectivity index (χ2n) is 9.42. The van der Waals surface area contributed by atoms with Crippen molar-refractivity contribution in [1.82, 2.24) is 13.7 Å². The van der Waals surface area contributed by atoms with Crippen LogP contribution in [0.4, 0.5) is 4.39 Å². The van der Waals surface area contributed by atoms with Crippen molar-refractivity contribution >= 4 is 10.9 Å². The van der Waals surface area contributed by atoms with Crippen molar-refractivity contribution in [3.8, 4) is 11.3 Å². The van der Waals surface area contributed by atoms with Gasteiger partial charge in [-0.1, -0.05) is 35.9 Å². The van der Waals surface area contributed by atoms with Crippen LogP contribution in [0.1, 0.15) is 36.8 Å². The van der Waals surface area contributed by atoms with E-state index in [1.807, 2.05) is 31.2 Å². The lowest BCUT2D eigenvalue weighted by Gasteiger charge is -2.39. The average molecular weight is 448 g/mol. The Balaban J connectivity index is 2.01. The van der Waals surface area contributed by atoms with Crippen molar-refractivity contribution < 1.29 is 9.13 Å². The van der Waals surface area contributed by atoms with E-state index in [1.54, 1.807) is 19.2 Å². The summed E-state index contributed by atoms with van der Waals surface area (Å²) in [6, 6.07) is 14.2. The Bertz CT molecular complexity index is 1520. The Labute approximate surface area is 190 Å². The number of nitrogens with zero attached hydrogens (tertiary/aromatic N) is 3. The third-order valence-electron chi connectivity index (χ3n) is 6.53. The molecule has 2 aromatic carbocycles. The number of ether oxygens (including phenoxy) is 1.